The predicted molar refractivity (Wildman–Crippen MR) is 41.8 cm³/mol. The van der Waals surface area contributed by atoms with Crippen LogP contribution in [-0.2, 0) is 0 Å². The van der Waals surface area contributed by atoms with Gasteiger partial charge in [0.05, 0.1) is 0 Å². The van der Waals surface area contributed by atoms with Crippen molar-refractivity contribution >= 4 is 21.8 Å². The van der Waals surface area contributed by atoms with Crippen molar-refractivity contribution in [1.82, 2.24) is 0 Å². The molecule has 0 heterocycles. The zero-order chi connectivity index (χ0) is 6.41. The summed E-state index contributed by atoms with van der Waals surface area (Å²) in [6.07, 6.45) is 2.88. The molecule has 0 unspecified atom stereocenters. The molecule has 0 N–H and O–H groups in total. The van der Waals surface area contributed by atoms with Crippen molar-refractivity contribution in [3.8, 4) is 0 Å². The molecule has 0 amide bonds. The summed E-state index contributed by atoms with van der Waals surface area (Å²) in [5.74, 6) is 0. The molecule has 0 radical (unpaired) electrons. The molecule has 0 bridgehead atoms. The first-order chi connectivity index (χ1) is 3.81. The van der Waals surface area contributed by atoms with E-state index in [9.17, 15) is 0 Å². The van der Waals surface area contributed by atoms with Crippen molar-refractivity contribution in [2.45, 2.75) is 39.6 Å². The van der Waals surface area contributed by atoms with E-state index in [-0.39, 0.29) is 0 Å². The molecule has 50 valence electrons. The minimum absolute atomic E-state index is 0.746. The van der Waals surface area contributed by atoms with Gasteiger partial charge in [0.25, 0.3) is 0 Å². The third kappa shape index (κ3) is 5.03. The van der Waals surface area contributed by atoms with Gasteiger partial charge in [-0.15, -0.1) is 0 Å². The molecule has 0 aromatic heterocycles. The first kappa shape index (κ1) is 8.88. The Kier molecular flexibility index (Phi) is 6.67. The van der Waals surface area contributed by atoms with Gasteiger partial charge in [0.1, 0.15) is 0 Å². The van der Waals surface area contributed by atoms with E-state index in [2.05, 4.69) is 18.5 Å². The van der Waals surface area contributed by atoms with Crippen LogP contribution in [0, 0.1) is 0 Å². The van der Waals surface area contributed by atoms with E-state index in [1.807, 2.05) is 0 Å². The number of rotatable bonds is 4. The molecule has 0 atom stereocenters. The molecule has 0 aromatic rings. The van der Waals surface area contributed by atoms with Crippen LogP contribution in [0.4, 0.5) is 0 Å². The van der Waals surface area contributed by atoms with Gasteiger partial charge in [0, 0.05) is 0 Å². The quantitative estimate of drug-likeness (QED) is 0.701. The molecular weight excluding hydrogens is 293 g/mol. The van der Waals surface area contributed by atoms with Gasteiger partial charge in [0.2, 0.25) is 0 Å². The monoisotopic (exact) mass is 310 g/mol. The van der Waals surface area contributed by atoms with Crippen molar-refractivity contribution in [3.63, 3.8) is 0 Å². The zero-order valence-electron chi connectivity index (χ0n) is 6.28. The summed E-state index contributed by atoms with van der Waals surface area (Å²) in [5, 5.41) is 0. The van der Waals surface area contributed by atoms with E-state index >= 15 is 0 Å². The average Bonchev–Trinajstić information content (AvgIpc) is 1.68. The Bertz CT molecular complexity index is 37.7. The van der Waals surface area contributed by atoms with Crippen LogP contribution in [0.15, 0.2) is 0 Å². The number of hydrogen-bond acceptors (Lipinski definition) is 0. The molecule has 1 heteroatoms. The second kappa shape index (κ2) is 6.01. The Balaban J connectivity index is 2.92. The maximum absolute atomic E-state index is 2.54. The van der Waals surface area contributed by atoms with Gasteiger partial charge >= 0.3 is 61.3 Å². The molecule has 0 fully saturated rings. The summed E-state index contributed by atoms with van der Waals surface area (Å²) in [6.45, 7) is 4.61. The standard InChI is InChI=1S/2C3H7.CH3.Bi/c2*1-3-2;;/h2*1,3H2,2H3;1H3;. The van der Waals surface area contributed by atoms with E-state index in [1.165, 1.54) is 12.8 Å². The van der Waals surface area contributed by atoms with Crippen molar-refractivity contribution in [2.24, 2.45) is 0 Å². The van der Waals surface area contributed by atoms with E-state index in [1.54, 1.807) is 8.26 Å². The van der Waals surface area contributed by atoms with Crippen LogP contribution < -0.4 is 0 Å². The molecule has 0 rings (SSSR count). The number of hydrogen-bond donors (Lipinski definition) is 0. The van der Waals surface area contributed by atoms with Crippen LogP contribution in [0.1, 0.15) is 26.7 Å². The fraction of sp³-hybridized carbons (Fsp3) is 1.00. The maximum atomic E-state index is 2.54. The first-order valence-corrected chi connectivity index (χ1v) is 11.9. The Hall–Kier alpha value is 0.883. The van der Waals surface area contributed by atoms with Crippen LogP contribution in [0.5, 0.6) is 0 Å². The molecule has 0 aliphatic carbocycles. The summed E-state index contributed by atoms with van der Waals surface area (Å²) >= 11 is -0.746. The molecular formula is C7H17Bi. The molecule has 0 aromatic carbocycles. The topological polar surface area (TPSA) is 0 Å². The Morgan fingerprint density at radius 2 is 1.38 bits per heavy atom. The average molecular weight is 310 g/mol. The molecule has 8 heavy (non-hydrogen) atoms. The first-order valence-electron chi connectivity index (χ1n) is 3.49. The second-order valence-electron chi connectivity index (χ2n) is 2.30. The van der Waals surface area contributed by atoms with E-state index < -0.39 is 21.8 Å². The minimum atomic E-state index is -0.746. The molecule has 0 saturated carbocycles. The molecule has 0 saturated heterocycles. The zero-order valence-corrected chi connectivity index (χ0v) is 9.75. The molecule has 0 spiro atoms. The van der Waals surface area contributed by atoms with Gasteiger partial charge in [-0.1, -0.05) is 0 Å². The van der Waals surface area contributed by atoms with Crippen LogP contribution >= 0.6 is 0 Å². The summed E-state index contributed by atoms with van der Waals surface area (Å²) in [4.78, 5) is 0. The summed E-state index contributed by atoms with van der Waals surface area (Å²) in [6, 6.07) is 0. The van der Waals surface area contributed by atoms with Crippen LogP contribution in [-0.4, -0.2) is 21.8 Å². The van der Waals surface area contributed by atoms with Crippen LogP contribution in [0.2, 0.25) is 12.9 Å². The normalized spacial score (nSPS) is 10.5. The summed E-state index contributed by atoms with van der Waals surface area (Å²) in [7, 11) is 0. The Labute approximate surface area is 61.4 Å². The van der Waals surface area contributed by atoms with E-state index in [0.29, 0.717) is 0 Å². The van der Waals surface area contributed by atoms with Crippen molar-refractivity contribution in [3.05, 3.63) is 0 Å². The summed E-state index contributed by atoms with van der Waals surface area (Å²) in [5.41, 5.74) is 0. The van der Waals surface area contributed by atoms with Gasteiger partial charge in [-0.05, 0) is 0 Å². The molecule has 0 nitrogen and oxygen atoms in total. The van der Waals surface area contributed by atoms with Gasteiger partial charge in [0.15, 0.2) is 0 Å². The van der Waals surface area contributed by atoms with E-state index in [4.69, 9.17) is 0 Å². The third-order valence-corrected chi connectivity index (χ3v) is 10.6. The second-order valence-corrected chi connectivity index (χ2v) is 12.4. The molecule has 0 aliphatic rings. The Morgan fingerprint density at radius 1 is 1.00 bits per heavy atom. The van der Waals surface area contributed by atoms with Crippen molar-refractivity contribution < 1.29 is 0 Å². The van der Waals surface area contributed by atoms with Crippen LogP contribution in [0.25, 0.3) is 0 Å². The predicted octanol–water partition coefficient (Wildman–Crippen LogP) is 2.93. The van der Waals surface area contributed by atoms with Crippen molar-refractivity contribution in [2.75, 3.05) is 0 Å². The van der Waals surface area contributed by atoms with Gasteiger partial charge in [-0.2, -0.15) is 0 Å². The van der Waals surface area contributed by atoms with E-state index in [0.717, 1.165) is 0 Å². The van der Waals surface area contributed by atoms with Gasteiger partial charge in [-0.3, -0.25) is 0 Å². The van der Waals surface area contributed by atoms with Gasteiger partial charge in [-0.25, -0.2) is 0 Å². The Morgan fingerprint density at radius 3 is 1.62 bits per heavy atom. The third-order valence-electron chi connectivity index (χ3n) is 1.21. The molecule has 0 aliphatic heterocycles. The van der Waals surface area contributed by atoms with Gasteiger partial charge < -0.3 is 0 Å². The fourth-order valence-electron chi connectivity index (χ4n) is 0.875. The summed E-state index contributed by atoms with van der Waals surface area (Å²) < 4.78 is 5.77. The van der Waals surface area contributed by atoms with Crippen LogP contribution in [0.3, 0.4) is 0 Å². The fourth-order valence-corrected chi connectivity index (χ4v) is 7.68. The van der Waals surface area contributed by atoms with Crippen molar-refractivity contribution in [1.29, 1.82) is 0 Å². The SMILES string of the molecule is CC[CH2][Bi]([CH3])[CH2]CC.